The second-order valence-corrected chi connectivity index (χ2v) is 6.33. The zero-order chi connectivity index (χ0) is 18.5. The van der Waals surface area contributed by atoms with Crippen molar-refractivity contribution in [3.8, 4) is 17.3 Å². The molecule has 0 unspecified atom stereocenters. The van der Waals surface area contributed by atoms with Crippen LogP contribution in [0.1, 0.15) is 43.7 Å². The Labute approximate surface area is 151 Å². The third kappa shape index (κ3) is 3.57. The Hall–Kier alpha value is -3.20. The van der Waals surface area contributed by atoms with Crippen molar-refractivity contribution in [2.45, 2.75) is 39.0 Å². The van der Waals surface area contributed by atoms with Gasteiger partial charge in [-0.25, -0.2) is 9.50 Å². The van der Waals surface area contributed by atoms with Crippen molar-refractivity contribution >= 4 is 11.4 Å². The van der Waals surface area contributed by atoms with Crippen LogP contribution in [0.3, 0.4) is 0 Å². The van der Waals surface area contributed by atoms with Crippen LogP contribution in [-0.4, -0.2) is 20.4 Å². The van der Waals surface area contributed by atoms with E-state index in [1.807, 2.05) is 30.3 Å². The molecule has 0 radical (unpaired) electrons. The minimum absolute atomic E-state index is 0.179. The Kier molecular flexibility index (Phi) is 5.28. The van der Waals surface area contributed by atoms with Crippen molar-refractivity contribution < 1.29 is 4.79 Å². The smallest absolute Gasteiger partial charge is 0.276 e. The number of nitrogens with zero attached hydrogens (tertiary/aromatic N) is 3. The van der Waals surface area contributed by atoms with E-state index >= 15 is 0 Å². The summed E-state index contributed by atoms with van der Waals surface area (Å²) in [7, 11) is 0. The first-order chi connectivity index (χ1) is 12.6. The minimum Gasteiger partial charge on any atom is -0.300 e. The van der Waals surface area contributed by atoms with Gasteiger partial charge in [0.2, 0.25) is 0 Å². The average Bonchev–Trinajstić information content (AvgIpc) is 3.06. The van der Waals surface area contributed by atoms with Crippen molar-refractivity contribution in [3.63, 3.8) is 0 Å². The lowest BCUT2D eigenvalue weighted by Crippen LogP contribution is -2.21. The molecule has 6 nitrogen and oxygen atoms in total. The molecule has 2 heterocycles. The summed E-state index contributed by atoms with van der Waals surface area (Å²) in [5.74, 6) is 0.188. The molecule has 0 aliphatic heterocycles. The van der Waals surface area contributed by atoms with Gasteiger partial charge >= 0.3 is 0 Å². The summed E-state index contributed by atoms with van der Waals surface area (Å²) in [6.45, 7) is 1.59. The molecule has 1 N–H and O–H groups in total. The number of nitriles is 1. The van der Waals surface area contributed by atoms with E-state index in [1.165, 1.54) is 10.7 Å². The average molecular weight is 348 g/mol. The Bertz CT molecular complexity index is 1030. The molecule has 26 heavy (non-hydrogen) atoms. The molecule has 3 aromatic rings. The van der Waals surface area contributed by atoms with Gasteiger partial charge in [-0.3, -0.25) is 9.89 Å². The van der Waals surface area contributed by atoms with Crippen LogP contribution in [0, 0.1) is 11.3 Å². The molecule has 0 saturated carbocycles. The summed E-state index contributed by atoms with van der Waals surface area (Å²) in [5, 5.41) is 12.1. The van der Waals surface area contributed by atoms with Gasteiger partial charge in [0.1, 0.15) is 17.4 Å². The summed E-state index contributed by atoms with van der Waals surface area (Å²) in [5.41, 5.74) is 2.61. The van der Waals surface area contributed by atoms with Crippen LogP contribution in [0.5, 0.6) is 0 Å². The molecule has 0 spiro atoms. The molecule has 132 valence electrons. The van der Waals surface area contributed by atoms with E-state index in [0.717, 1.165) is 24.8 Å². The van der Waals surface area contributed by atoms with Crippen molar-refractivity contribution in [2.75, 3.05) is 0 Å². The van der Waals surface area contributed by atoms with Crippen LogP contribution >= 0.6 is 0 Å². The number of benzene rings is 1. The number of Topliss-reactive ketones (excluding diaryl/α,β-unsaturated/α-hetero) is 1. The van der Waals surface area contributed by atoms with Crippen molar-refractivity contribution in [3.05, 3.63) is 58.0 Å². The summed E-state index contributed by atoms with van der Waals surface area (Å²) < 4.78 is 1.33. The van der Waals surface area contributed by atoms with E-state index in [1.54, 1.807) is 6.92 Å². The highest BCUT2D eigenvalue weighted by atomic mass is 16.1. The number of carbonyl (C=O) groups is 1. The zero-order valence-electron chi connectivity index (χ0n) is 14.7. The van der Waals surface area contributed by atoms with Crippen molar-refractivity contribution in [2.24, 2.45) is 0 Å². The SMILES string of the molecule is CC(=O)CCCCCc1c(-c2ccccc2)nc2c(C#N)c[nH]n2c1=O. The van der Waals surface area contributed by atoms with Crippen LogP contribution in [0.4, 0.5) is 0 Å². The predicted octanol–water partition coefficient (Wildman–Crippen LogP) is 3.25. The highest BCUT2D eigenvalue weighted by Crippen LogP contribution is 2.22. The number of hydrogen-bond acceptors (Lipinski definition) is 4. The Morgan fingerprint density at radius 2 is 2.00 bits per heavy atom. The summed E-state index contributed by atoms with van der Waals surface area (Å²) >= 11 is 0. The van der Waals surface area contributed by atoms with Crippen molar-refractivity contribution in [1.82, 2.24) is 14.6 Å². The lowest BCUT2D eigenvalue weighted by atomic mass is 10.0. The lowest BCUT2D eigenvalue weighted by Gasteiger charge is -2.09. The first kappa shape index (κ1) is 17.6. The number of aromatic nitrogens is 3. The molecule has 0 aliphatic rings. The fourth-order valence-corrected chi connectivity index (χ4v) is 3.04. The minimum atomic E-state index is -0.179. The van der Waals surface area contributed by atoms with E-state index in [0.29, 0.717) is 35.3 Å². The first-order valence-corrected chi connectivity index (χ1v) is 8.70. The number of rotatable bonds is 7. The second kappa shape index (κ2) is 7.79. The van der Waals surface area contributed by atoms with Crippen LogP contribution in [0.25, 0.3) is 16.9 Å². The van der Waals surface area contributed by atoms with Crippen LogP contribution < -0.4 is 5.56 Å². The van der Waals surface area contributed by atoms with Crippen LogP contribution in [0.2, 0.25) is 0 Å². The number of nitrogens with one attached hydrogen (secondary N) is 1. The maximum absolute atomic E-state index is 13.0. The molecule has 0 amide bonds. The summed E-state index contributed by atoms with van der Waals surface area (Å²) in [6.07, 6.45) is 5.16. The molecule has 1 aromatic carbocycles. The third-order valence-corrected chi connectivity index (χ3v) is 4.38. The Morgan fingerprint density at radius 3 is 2.69 bits per heavy atom. The lowest BCUT2D eigenvalue weighted by molar-refractivity contribution is -0.117. The molecule has 0 bridgehead atoms. The van der Waals surface area contributed by atoms with E-state index in [2.05, 4.69) is 16.2 Å². The maximum atomic E-state index is 13.0. The van der Waals surface area contributed by atoms with E-state index in [9.17, 15) is 14.9 Å². The molecular weight excluding hydrogens is 328 g/mol. The van der Waals surface area contributed by atoms with Gasteiger partial charge < -0.3 is 4.79 Å². The van der Waals surface area contributed by atoms with E-state index in [4.69, 9.17) is 0 Å². The summed E-state index contributed by atoms with van der Waals surface area (Å²) in [6, 6.07) is 11.6. The summed E-state index contributed by atoms with van der Waals surface area (Å²) in [4.78, 5) is 28.6. The van der Waals surface area contributed by atoms with E-state index in [-0.39, 0.29) is 11.3 Å². The second-order valence-electron chi connectivity index (χ2n) is 6.33. The number of H-pyrrole nitrogens is 1. The van der Waals surface area contributed by atoms with Gasteiger partial charge in [0.05, 0.1) is 5.69 Å². The molecule has 3 rings (SSSR count). The fraction of sp³-hybridized carbons (Fsp3) is 0.300. The molecule has 0 aliphatic carbocycles. The molecule has 2 aromatic heterocycles. The first-order valence-electron chi connectivity index (χ1n) is 8.70. The van der Waals surface area contributed by atoms with Gasteiger partial charge in [-0.15, -0.1) is 0 Å². The number of carbonyl (C=O) groups excluding carboxylic acids is 1. The highest BCUT2D eigenvalue weighted by Gasteiger charge is 2.17. The predicted molar refractivity (Wildman–Crippen MR) is 98.8 cm³/mol. The number of aromatic amines is 1. The quantitative estimate of drug-likeness (QED) is 0.664. The van der Waals surface area contributed by atoms with Crippen molar-refractivity contribution in [1.29, 1.82) is 5.26 Å². The highest BCUT2D eigenvalue weighted by molar-refractivity contribution is 5.75. The number of unbranched alkanes of at least 4 members (excludes halogenated alkanes) is 2. The Balaban J connectivity index is 2.00. The maximum Gasteiger partial charge on any atom is 0.276 e. The van der Waals surface area contributed by atoms with Gasteiger partial charge in [0.15, 0.2) is 5.65 Å². The Morgan fingerprint density at radius 1 is 1.23 bits per heavy atom. The van der Waals surface area contributed by atoms with Gasteiger partial charge in [-0.2, -0.15) is 5.26 Å². The van der Waals surface area contributed by atoms with Crippen LogP contribution in [-0.2, 0) is 11.2 Å². The molecule has 0 fully saturated rings. The normalized spacial score (nSPS) is 10.8. The van der Waals surface area contributed by atoms with Gasteiger partial charge in [-0.05, 0) is 26.2 Å². The van der Waals surface area contributed by atoms with Gasteiger partial charge in [0.25, 0.3) is 5.56 Å². The number of hydrogen-bond donors (Lipinski definition) is 1. The van der Waals surface area contributed by atoms with E-state index < -0.39 is 0 Å². The largest absolute Gasteiger partial charge is 0.300 e. The molecule has 6 heteroatoms. The number of fused-ring (bicyclic) bond motifs is 1. The van der Waals surface area contributed by atoms with Gasteiger partial charge in [0, 0.05) is 23.7 Å². The molecular formula is C20H20N4O2. The van der Waals surface area contributed by atoms with Gasteiger partial charge in [-0.1, -0.05) is 36.8 Å². The molecule has 0 saturated heterocycles. The monoisotopic (exact) mass is 348 g/mol. The zero-order valence-corrected chi connectivity index (χ0v) is 14.7. The standard InChI is InChI=1S/C20H20N4O2/c1-14(25)8-4-2-7-11-17-18(15-9-5-3-6-10-15)23-19-16(12-21)13-22-24(19)20(17)26/h3,5-6,9-10,13,22H,2,4,7-8,11H2,1H3. The topological polar surface area (TPSA) is 91.0 Å². The van der Waals surface area contributed by atoms with Crippen LogP contribution in [0.15, 0.2) is 41.3 Å². The fourth-order valence-electron chi connectivity index (χ4n) is 3.04. The third-order valence-electron chi connectivity index (χ3n) is 4.38. The number of ketones is 1. The molecule has 0 atom stereocenters.